The van der Waals surface area contributed by atoms with Gasteiger partial charge in [-0.2, -0.15) is 0 Å². The molecule has 1 N–H and O–H groups in total. The number of fused-ring (bicyclic) bond motifs is 1. The summed E-state index contributed by atoms with van der Waals surface area (Å²) in [6.07, 6.45) is 3.43. The molecule has 0 saturated heterocycles. The smallest absolute Gasteiger partial charge is 0.155 e. The number of anilines is 1. The number of aryl methyl sites for hydroxylation is 1. The second-order valence-electron chi connectivity index (χ2n) is 4.42. The zero-order valence-corrected chi connectivity index (χ0v) is 11.0. The molecule has 0 unspecified atom stereocenters. The molecule has 19 heavy (non-hydrogen) atoms. The van der Waals surface area contributed by atoms with Crippen molar-refractivity contribution in [1.82, 2.24) is 9.97 Å². The lowest BCUT2D eigenvalue weighted by atomic mass is 10.2. The third kappa shape index (κ3) is 2.17. The fraction of sp³-hybridized carbons (Fsp3) is 0.200. The molecule has 4 heteroatoms. The molecule has 4 nitrogen and oxygen atoms in total. The molecule has 1 aromatic carbocycles. The maximum atomic E-state index is 5.89. The van der Waals surface area contributed by atoms with E-state index in [1.807, 2.05) is 38.1 Å². The van der Waals surface area contributed by atoms with E-state index in [2.05, 4.69) is 15.3 Å². The largest absolute Gasteiger partial charge is 0.454 e. The number of hydrogen-bond donors (Lipinski definition) is 1. The van der Waals surface area contributed by atoms with E-state index in [0.717, 1.165) is 40.3 Å². The van der Waals surface area contributed by atoms with Crippen LogP contribution in [0.1, 0.15) is 12.5 Å². The third-order valence-electron chi connectivity index (χ3n) is 2.99. The molecule has 0 saturated carbocycles. The van der Waals surface area contributed by atoms with Crippen LogP contribution in [0.5, 0.6) is 0 Å². The molecule has 2 heterocycles. The van der Waals surface area contributed by atoms with Crippen molar-refractivity contribution >= 4 is 16.8 Å². The van der Waals surface area contributed by atoms with Crippen LogP contribution in [0, 0.1) is 6.92 Å². The van der Waals surface area contributed by atoms with Gasteiger partial charge in [0, 0.05) is 11.9 Å². The van der Waals surface area contributed by atoms with Crippen LogP contribution in [0.2, 0.25) is 0 Å². The van der Waals surface area contributed by atoms with Crippen molar-refractivity contribution in [3.63, 3.8) is 0 Å². The molecule has 0 fully saturated rings. The van der Waals surface area contributed by atoms with Gasteiger partial charge in [-0.05, 0) is 25.5 Å². The normalized spacial score (nSPS) is 10.8. The Bertz CT molecular complexity index is 718. The summed E-state index contributed by atoms with van der Waals surface area (Å²) in [5, 5.41) is 4.24. The number of benzene rings is 1. The van der Waals surface area contributed by atoms with Gasteiger partial charge in [0.25, 0.3) is 0 Å². The minimum absolute atomic E-state index is 0.744. The fourth-order valence-electron chi connectivity index (χ4n) is 2.09. The number of furan rings is 1. The predicted molar refractivity (Wildman–Crippen MR) is 76.1 cm³/mol. The molecule has 0 aliphatic rings. The van der Waals surface area contributed by atoms with Gasteiger partial charge in [0.05, 0.1) is 12.4 Å². The minimum atomic E-state index is 0.744. The Labute approximate surface area is 111 Å². The Morgan fingerprint density at radius 1 is 1.26 bits per heavy atom. The number of nitrogens with one attached hydrogen (secondary N) is 1. The summed E-state index contributed by atoms with van der Waals surface area (Å²) in [6.45, 7) is 4.88. The lowest BCUT2D eigenvalue weighted by Gasteiger charge is -2.02. The molecule has 2 aromatic heterocycles. The van der Waals surface area contributed by atoms with Crippen LogP contribution in [0.15, 0.2) is 41.1 Å². The summed E-state index contributed by atoms with van der Waals surface area (Å²) < 4.78 is 5.89. The fourth-order valence-corrected chi connectivity index (χ4v) is 2.09. The van der Waals surface area contributed by atoms with Crippen LogP contribution in [-0.2, 0) is 0 Å². The number of nitrogens with zero attached hydrogens (tertiary/aromatic N) is 2. The first-order valence-electron chi connectivity index (χ1n) is 6.33. The first kappa shape index (κ1) is 11.7. The Balaban J connectivity index is 2.08. The Morgan fingerprint density at radius 2 is 2.16 bits per heavy atom. The quantitative estimate of drug-likeness (QED) is 0.774. The maximum absolute atomic E-state index is 5.89. The van der Waals surface area contributed by atoms with E-state index in [9.17, 15) is 0 Å². The van der Waals surface area contributed by atoms with E-state index in [4.69, 9.17) is 4.42 Å². The SMILES string of the molecule is CCNc1cncc(-c2cc3cccc(C)c3o2)n1. The van der Waals surface area contributed by atoms with E-state index in [1.165, 1.54) is 0 Å². The number of aromatic nitrogens is 2. The summed E-state index contributed by atoms with van der Waals surface area (Å²) in [6, 6.07) is 8.10. The molecule has 0 aliphatic heterocycles. The van der Waals surface area contributed by atoms with Gasteiger partial charge in [-0.25, -0.2) is 4.98 Å². The summed E-state index contributed by atoms with van der Waals surface area (Å²) in [5.74, 6) is 1.51. The van der Waals surface area contributed by atoms with Gasteiger partial charge in [0.15, 0.2) is 5.76 Å². The van der Waals surface area contributed by atoms with Gasteiger partial charge in [-0.1, -0.05) is 18.2 Å². The summed E-state index contributed by atoms with van der Waals surface area (Å²) >= 11 is 0. The third-order valence-corrected chi connectivity index (χ3v) is 2.99. The first-order valence-corrected chi connectivity index (χ1v) is 6.33. The van der Waals surface area contributed by atoms with Crippen molar-refractivity contribution < 1.29 is 4.42 Å². The van der Waals surface area contributed by atoms with Crippen molar-refractivity contribution in [3.05, 3.63) is 42.2 Å². The minimum Gasteiger partial charge on any atom is -0.454 e. The maximum Gasteiger partial charge on any atom is 0.155 e. The van der Waals surface area contributed by atoms with Crippen LogP contribution >= 0.6 is 0 Å². The highest BCUT2D eigenvalue weighted by Crippen LogP contribution is 2.28. The zero-order valence-electron chi connectivity index (χ0n) is 11.0. The van der Waals surface area contributed by atoms with Crippen LogP contribution in [0.3, 0.4) is 0 Å². The van der Waals surface area contributed by atoms with Crippen molar-refractivity contribution in [3.8, 4) is 11.5 Å². The topological polar surface area (TPSA) is 51.0 Å². The Morgan fingerprint density at radius 3 is 2.95 bits per heavy atom. The molecule has 3 rings (SSSR count). The lowest BCUT2D eigenvalue weighted by Crippen LogP contribution is -2.00. The second-order valence-corrected chi connectivity index (χ2v) is 4.42. The molecule has 0 bridgehead atoms. The van der Waals surface area contributed by atoms with Crippen LogP contribution in [-0.4, -0.2) is 16.5 Å². The average molecular weight is 253 g/mol. The van der Waals surface area contributed by atoms with Crippen molar-refractivity contribution in [1.29, 1.82) is 0 Å². The van der Waals surface area contributed by atoms with E-state index >= 15 is 0 Å². The van der Waals surface area contributed by atoms with Gasteiger partial charge in [-0.15, -0.1) is 0 Å². The van der Waals surface area contributed by atoms with Gasteiger partial charge >= 0.3 is 0 Å². The van der Waals surface area contributed by atoms with Gasteiger partial charge < -0.3 is 9.73 Å². The molecule has 0 spiro atoms. The summed E-state index contributed by atoms with van der Waals surface area (Å²) in [7, 11) is 0. The van der Waals surface area contributed by atoms with Crippen LogP contribution in [0.25, 0.3) is 22.4 Å². The summed E-state index contributed by atoms with van der Waals surface area (Å²) in [5.41, 5.74) is 2.78. The Hall–Kier alpha value is -2.36. The number of hydrogen-bond acceptors (Lipinski definition) is 4. The van der Waals surface area contributed by atoms with Gasteiger partial charge in [0.2, 0.25) is 0 Å². The van der Waals surface area contributed by atoms with E-state index in [1.54, 1.807) is 12.4 Å². The van der Waals surface area contributed by atoms with Crippen molar-refractivity contribution in [2.45, 2.75) is 13.8 Å². The highest BCUT2D eigenvalue weighted by molar-refractivity contribution is 5.84. The second kappa shape index (κ2) is 4.72. The molecule has 3 aromatic rings. The molecular weight excluding hydrogens is 238 g/mol. The molecule has 96 valence electrons. The molecule has 0 radical (unpaired) electrons. The van der Waals surface area contributed by atoms with Gasteiger partial charge in [0.1, 0.15) is 17.1 Å². The predicted octanol–water partition coefficient (Wildman–Crippen LogP) is 3.63. The Kier molecular flexibility index (Phi) is 2.91. The lowest BCUT2D eigenvalue weighted by molar-refractivity contribution is 0.625. The highest BCUT2D eigenvalue weighted by Gasteiger charge is 2.09. The zero-order chi connectivity index (χ0) is 13.2. The molecule has 0 amide bonds. The van der Waals surface area contributed by atoms with E-state index in [0.29, 0.717) is 0 Å². The van der Waals surface area contributed by atoms with Crippen molar-refractivity contribution in [2.75, 3.05) is 11.9 Å². The highest BCUT2D eigenvalue weighted by atomic mass is 16.3. The molecule has 0 aliphatic carbocycles. The average Bonchev–Trinajstić information content (AvgIpc) is 2.85. The first-order chi connectivity index (χ1) is 9.28. The van der Waals surface area contributed by atoms with Crippen LogP contribution < -0.4 is 5.32 Å². The monoisotopic (exact) mass is 253 g/mol. The molecule has 0 atom stereocenters. The standard InChI is InChI=1S/C15H15N3O/c1-3-17-14-9-16-8-12(18-14)13-7-11-6-4-5-10(2)15(11)19-13/h4-9H,3H2,1-2H3,(H,17,18). The number of para-hydroxylation sites is 1. The van der Waals surface area contributed by atoms with E-state index in [-0.39, 0.29) is 0 Å². The van der Waals surface area contributed by atoms with Crippen molar-refractivity contribution in [2.24, 2.45) is 0 Å². The van der Waals surface area contributed by atoms with Crippen LogP contribution in [0.4, 0.5) is 5.82 Å². The number of rotatable bonds is 3. The van der Waals surface area contributed by atoms with Gasteiger partial charge in [-0.3, -0.25) is 4.98 Å². The summed E-state index contributed by atoms with van der Waals surface area (Å²) in [4.78, 5) is 8.68. The van der Waals surface area contributed by atoms with E-state index < -0.39 is 0 Å². The molecular formula is C15H15N3O.